The number of carboxylic acid groups (broad SMARTS) is 1. The molecule has 0 spiro atoms. The fourth-order valence-electron chi connectivity index (χ4n) is 3.79. The zero-order valence-corrected chi connectivity index (χ0v) is 13.0. The van der Waals surface area contributed by atoms with Gasteiger partial charge in [-0.3, -0.25) is 14.9 Å². The molecule has 1 aliphatic heterocycles. The molecule has 0 aromatic heterocycles. The molecule has 2 aliphatic rings. The van der Waals surface area contributed by atoms with Crippen molar-refractivity contribution in [1.82, 2.24) is 4.90 Å². The average molecular weight is 334 g/mol. The molecule has 3 atom stereocenters. The van der Waals surface area contributed by atoms with Gasteiger partial charge in [-0.1, -0.05) is 12.5 Å². The van der Waals surface area contributed by atoms with E-state index in [1.165, 1.54) is 29.2 Å². The Morgan fingerprint density at radius 2 is 2.17 bits per heavy atom. The predicted molar refractivity (Wildman–Crippen MR) is 82.6 cm³/mol. The number of amides is 1. The van der Waals surface area contributed by atoms with E-state index >= 15 is 0 Å². The van der Waals surface area contributed by atoms with Gasteiger partial charge in [0.1, 0.15) is 11.8 Å². The lowest BCUT2D eigenvalue weighted by molar-refractivity contribution is -0.384. The molecule has 0 bridgehead atoms. The number of nitro groups is 1. The Balaban J connectivity index is 1.65. The van der Waals surface area contributed by atoms with E-state index in [4.69, 9.17) is 4.74 Å². The number of carbonyl (C=O) groups excluding carboxylic acids is 1. The topological polar surface area (TPSA) is 110 Å². The quantitative estimate of drug-likeness (QED) is 0.648. The maximum atomic E-state index is 12.4. The lowest BCUT2D eigenvalue weighted by Gasteiger charge is -2.24. The number of non-ortho nitro benzene ring substituents is 1. The number of nitro benzene ring substituents is 1. The van der Waals surface area contributed by atoms with Crippen LogP contribution in [0.15, 0.2) is 24.3 Å². The second kappa shape index (κ2) is 6.46. The monoisotopic (exact) mass is 334 g/mol. The number of rotatable bonds is 5. The van der Waals surface area contributed by atoms with Gasteiger partial charge in [-0.2, -0.15) is 0 Å². The van der Waals surface area contributed by atoms with Crippen LogP contribution in [-0.4, -0.2) is 46.0 Å². The smallest absolute Gasteiger partial charge is 0.326 e. The van der Waals surface area contributed by atoms with E-state index in [2.05, 4.69) is 0 Å². The maximum Gasteiger partial charge on any atom is 0.326 e. The number of aliphatic carboxylic acids is 1. The third-order valence-corrected chi connectivity index (χ3v) is 4.85. The van der Waals surface area contributed by atoms with Gasteiger partial charge in [-0.25, -0.2) is 4.79 Å². The van der Waals surface area contributed by atoms with E-state index in [1.54, 1.807) is 0 Å². The third-order valence-electron chi connectivity index (χ3n) is 4.85. The van der Waals surface area contributed by atoms with Crippen molar-refractivity contribution < 1.29 is 24.4 Å². The molecule has 1 aromatic carbocycles. The Kier molecular flexibility index (Phi) is 4.37. The SMILES string of the molecule is O=C(O)C1C2CCCC2CN1C(=O)COc1cccc([N+](=O)[O-])c1. The zero-order chi connectivity index (χ0) is 17.3. The van der Waals surface area contributed by atoms with E-state index < -0.39 is 22.8 Å². The van der Waals surface area contributed by atoms with Crippen molar-refractivity contribution in [2.24, 2.45) is 11.8 Å². The summed E-state index contributed by atoms with van der Waals surface area (Å²) in [5, 5.41) is 20.2. The van der Waals surface area contributed by atoms with Crippen LogP contribution in [-0.2, 0) is 9.59 Å². The van der Waals surface area contributed by atoms with Crippen LogP contribution in [0.5, 0.6) is 5.75 Å². The molecule has 8 heteroatoms. The first kappa shape index (κ1) is 16.2. The number of hydrogen-bond acceptors (Lipinski definition) is 5. The Bertz CT molecular complexity index is 676. The predicted octanol–water partition coefficient (Wildman–Crippen LogP) is 1.69. The van der Waals surface area contributed by atoms with Crippen LogP contribution in [0.25, 0.3) is 0 Å². The molecule has 1 aromatic rings. The highest BCUT2D eigenvalue weighted by Gasteiger charge is 2.49. The van der Waals surface area contributed by atoms with Gasteiger partial charge in [-0.15, -0.1) is 0 Å². The Morgan fingerprint density at radius 3 is 2.88 bits per heavy atom. The molecular formula is C16H18N2O6. The minimum atomic E-state index is -0.979. The minimum Gasteiger partial charge on any atom is -0.484 e. The first-order valence-electron chi connectivity index (χ1n) is 7.87. The summed E-state index contributed by atoms with van der Waals surface area (Å²) >= 11 is 0. The molecule has 3 rings (SSSR count). The standard InChI is InChI=1S/C16H18N2O6/c19-14(9-24-12-5-2-4-11(7-12)18(22)23)17-8-10-3-1-6-13(10)15(17)16(20)21/h2,4-5,7,10,13,15H,1,3,6,8-9H2,(H,20,21). The zero-order valence-electron chi connectivity index (χ0n) is 13.0. The molecule has 2 fully saturated rings. The van der Waals surface area contributed by atoms with Gasteiger partial charge in [0, 0.05) is 12.6 Å². The normalized spacial score (nSPS) is 25.3. The van der Waals surface area contributed by atoms with Gasteiger partial charge in [0.15, 0.2) is 6.61 Å². The van der Waals surface area contributed by atoms with Crippen molar-refractivity contribution in [3.63, 3.8) is 0 Å². The highest BCUT2D eigenvalue weighted by molar-refractivity contribution is 5.85. The molecular weight excluding hydrogens is 316 g/mol. The number of carbonyl (C=O) groups is 2. The van der Waals surface area contributed by atoms with Crippen LogP contribution in [0.2, 0.25) is 0 Å². The van der Waals surface area contributed by atoms with Gasteiger partial charge in [0.25, 0.3) is 11.6 Å². The number of likely N-dealkylation sites (tertiary alicyclic amines) is 1. The van der Waals surface area contributed by atoms with Gasteiger partial charge >= 0.3 is 5.97 Å². The summed E-state index contributed by atoms with van der Waals surface area (Å²) in [6.07, 6.45) is 2.78. The minimum absolute atomic E-state index is 0.0178. The van der Waals surface area contributed by atoms with Crippen molar-refractivity contribution in [2.45, 2.75) is 25.3 Å². The van der Waals surface area contributed by atoms with Crippen LogP contribution in [0, 0.1) is 22.0 Å². The molecule has 1 amide bonds. The molecule has 128 valence electrons. The number of nitrogens with zero attached hydrogens (tertiary/aromatic N) is 2. The van der Waals surface area contributed by atoms with Gasteiger partial charge < -0.3 is 14.7 Å². The van der Waals surface area contributed by atoms with Crippen molar-refractivity contribution >= 4 is 17.6 Å². The van der Waals surface area contributed by atoms with Crippen LogP contribution in [0.1, 0.15) is 19.3 Å². The fourth-order valence-corrected chi connectivity index (χ4v) is 3.79. The lowest BCUT2D eigenvalue weighted by Crippen LogP contribution is -2.45. The van der Waals surface area contributed by atoms with Gasteiger partial charge in [0.05, 0.1) is 11.0 Å². The van der Waals surface area contributed by atoms with Crippen LogP contribution in [0.4, 0.5) is 5.69 Å². The van der Waals surface area contributed by atoms with Gasteiger partial charge in [-0.05, 0) is 30.7 Å². The number of benzene rings is 1. The molecule has 3 unspecified atom stereocenters. The van der Waals surface area contributed by atoms with Crippen LogP contribution in [0.3, 0.4) is 0 Å². The molecule has 1 N–H and O–H groups in total. The molecule has 1 saturated heterocycles. The summed E-state index contributed by atoms with van der Waals surface area (Å²) in [6.45, 7) is 0.114. The van der Waals surface area contributed by atoms with Crippen molar-refractivity contribution in [1.29, 1.82) is 0 Å². The number of hydrogen-bond donors (Lipinski definition) is 1. The van der Waals surface area contributed by atoms with E-state index in [0.717, 1.165) is 19.3 Å². The Morgan fingerprint density at radius 1 is 1.38 bits per heavy atom. The summed E-state index contributed by atoms with van der Waals surface area (Å²) in [6, 6.07) is 4.77. The Labute approximate surface area is 138 Å². The number of ether oxygens (including phenoxy) is 1. The summed E-state index contributed by atoms with van der Waals surface area (Å²) in [7, 11) is 0. The van der Waals surface area contributed by atoms with Crippen LogP contribution < -0.4 is 4.74 Å². The second-order valence-electron chi connectivity index (χ2n) is 6.23. The Hall–Kier alpha value is -2.64. The second-order valence-corrected chi connectivity index (χ2v) is 6.23. The van der Waals surface area contributed by atoms with Crippen molar-refractivity contribution in [3.8, 4) is 5.75 Å². The summed E-state index contributed by atoms with van der Waals surface area (Å²) in [5.74, 6) is -0.905. The highest BCUT2D eigenvalue weighted by atomic mass is 16.6. The fraction of sp³-hybridized carbons (Fsp3) is 0.500. The summed E-state index contributed by atoms with van der Waals surface area (Å²) in [5.41, 5.74) is -0.126. The van der Waals surface area contributed by atoms with E-state index in [0.29, 0.717) is 6.54 Å². The molecule has 1 aliphatic carbocycles. The highest BCUT2D eigenvalue weighted by Crippen LogP contribution is 2.42. The molecule has 0 radical (unpaired) electrons. The summed E-state index contributed by atoms with van der Waals surface area (Å²) < 4.78 is 5.33. The van der Waals surface area contributed by atoms with Gasteiger partial charge in [0.2, 0.25) is 0 Å². The lowest BCUT2D eigenvalue weighted by atomic mass is 9.94. The number of fused-ring (bicyclic) bond motifs is 1. The first-order chi connectivity index (χ1) is 11.5. The van der Waals surface area contributed by atoms with Crippen molar-refractivity contribution in [3.05, 3.63) is 34.4 Å². The molecule has 1 saturated carbocycles. The van der Waals surface area contributed by atoms with E-state index in [-0.39, 0.29) is 29.9 Å². The average Bonchev–Trinajstić information content (AvgIpc) is 3.13. The third kappa shape index (κ3) is 3.04. The van der Waals surface area contributed by atoms with E-state index in [9.17, 15) is 24.8 Å². The van der Waals surface area contributed by atoms with E-state index in [1.807, 2.05) is 0 Å². The molecule has 8 nitrogen and oxygen atoms in total. The van der Waals surface area contributed by atoms with Crippen LogP contribution >= 0.6 is 0 Å². The molecule has 1 heterocycles. The molecule has 24 heavy (non-hydrogen) atoms. The number of carboxylic acids is 1. The van der Waals surface area contributed by atoms with Crippen molar-refractivity contribution in [2.75, 3.05) is 13.2 Å². The first-order valence-corrected chi connectivity index (χ1v) is 7.87. The largest absolute Gasteiger partial charge is 0.484 e. The summed E-state index contributed by atoms with van der Waals surface area (Å²) in [4.78, 5) is 35.5. The maximum absolute atomic E-state index is 12.4.